The summed E-state index contributed by atoms with van der Waals surface area (Å²) >= 11 is 0. The molecule has 4 heteroatoms. The van der Waals surface area contributed by atoms with Gasteiger partial charge in [0.25, 0.3) is 5.91 Å². The van der Waals surface area contributed by atoms with Crippen LogP contribution in [0.4, 0.5) is 5.69 Å². The van der Waals surface area contributed by atoms with E-state index in [4.69, 9.17) is 10.5 Å². The quantitative estimate of drug-likeness (QED) is 0.762. The second kappa shape index (κ2) is 5.19. The molecule has 1 amide bonds. The maximum Gasteiger partial charge on any atom is 0.251 e. The van der Waals surface area contributed by atoms with Crippen molar-refractivity contribution in [2.75, 3.05) is 18.9 Å². The number of carbonyl (C=O) groups is 1. The molecule has 0 aliphatic carbocycles. The van der Waals surface area contributed by atoms with E-state index < -0.39 is 0 Å². The number of rotatable bonds is 2. The molecule has 17 heavy (non-hydrogen) atoms. The Morgan fingerprint density at radius 1 is 1.53 bits per heavy atom. The van der Waals surface area contributed by atoms with Gasteiger partial charge in [-0.25, -0.2) is 0 Å². The van der Waals surface area contributed by atoms with E-state index in [-0.39, 0.29) is 11.9 Å². The van der Waals surface area contributed by atoms with E-state index in [1.165, 1.54) is 0 Å². The van der Waals surface area contributed by atoms with Crippen LogP contribution in [0.2, 0.25) is 0 Å². The summed E-state index contributed by atoms with van der Waals surface area (Å²) in [5.41, 5.74) is 8.02. The smallest absolute Gasteiger partial charge is 0.251 e. The zero-order chi connectivity index (χ0) is 12.3. The van der Waals surface area contributed by atoms with Crippen LogP contribution < -0.4 is 11.1 Å². The highest BCUT2D eigenvalue weighted by Crippen LogP contribution is 2.13. The largest absolute Gasteiger partial charge is 0.399 e. The first kappa shape index (κ1) is 11.9. The van der Waals surface area contributed by atoms with Gasteiger partial charge in [0.1, 0.15) is 0 Å². The standard InChI is InChI=1S/C13H18N2O2/c1-9-7-10(4-5-12(9)14)13(16)15-11-3-2-6-17-8-11/h4-5,7,11H,2-3,6,8,14H2,1H3,(H,15,16). The zero-order valence-corrected chi connectivity index (χ0v) is 10.0. The molecule has 3 N–H and O–H groups in total. The summed E-state index contributed by atoms with van der Waals surface area (Å²) < 4.78 is 5.33. The van der Waals surface area contributed by atoms with Crippen LogP contribution in [0.1, 0.15) is 28.8 Å². The van der Waals surface area contributed by atoms with Gasteiger partial charge in [-0.15, -0.1) is 0 Å². The number of anilines is 1. The Bertz CT molecular complexity index is 412. The summed E-state index contributed by atoms with van der Waals surface area (Å²) in [4.78, 5) is 12.0. The van der Waals surface area contributed by atoms with Crippen LogP contribution in [0, 0.1) is 6.92 Å². The number of aryl methyl sites for hydroxylation is 1. The predicted octanol–water partition coefficient (Wildman–Crippen LogP) is 1.49. The van der Waals surface area contributed by atoms with Gasteiger partial charge in [-0.3, -0.25) is 4.79 Å². The second-order valence-corrected chi connectivity index (χ2v) is 4.46. The molecular weight excluding hydrogens is 216 g/mol. The topological polar surface area (TPSA) is 64.3 Å². The van der Waals surface area contributed by atoms with E-state index in [1.54, 1.807) is 12.1 Å². The van der Waals surface area contributed by atoms with Crippen molar-refractivity contribution in [1.82, 2.24) is 5.32 Å². The molecular formula is C13H18N2O2. The summed E-state index contributed by atoms with van der Waals surface area (Å²) in [6.45, 7) is 3.31. The third kappa shape index (κ3) is 2.97. The molecule has 92 valence electrons. The number of carbonyl (C=O) groups excluding carboxylic acids is 1. The maximum absolute atomic E-state index is 12.0. The van der Waals surface area contributed by atoms with Crippen LogP contribution in [-0.2, 0) is 4.74 Å². The van der Waals surface area contributed by atoms with Crippen molar-refractivity contribution in [2.45, 2.75) is 25.8 Å². The molecule has 1 aromatic carbocycles. The van der Waals surface area contributed by atoms with Gasteiger partial charge in [-0.05, 0) is 43.5 Å². The minimum Gasteiger partial charge on any atom is -0.399 e. The van der Waals surface area contributed by atoms with Gasteiger partial charge < -0.3 is 15.8 Å². The van der Waals surface area contributed by atoms with Crippen LogP contribution in [0.3, 0.4) is 0 Å². The molecule has 1 heterocycles. The Morgan fingerprint density at radius 2 is 2.35 bits per heavy atom. The molecule has 1 atom stereocenters. The minimum absolute atomic E-state index is 0.0522. The Kier molecular flexibility index (Phi) is 3.64. The molecule has 4 nitrogen and oxygen atoms in total. The van der Waals surface area contributed by atoms with Crippen molar-refractivity contribution < 1.29 is 9.53 Å². The van der Waals surface area contributed by atoms with Gasteiger partial charge in [0.15, 0.2) is 0 Å². The summed E-state index contributed by atoms with van der Waals surface area (Å²) in [5.74, 6) is -0.0522. The molecule has 1 unspecified atom stereocenters. The van der Waals surface area contributed by atoms with Crippen LogP contribution in [-0.4, -0.2) is 25.2 Å². The third-order valence-electron chi connectivity index (χ3n) is 3.03. The van der Waals surface area contributed by atoms with Crippen molar-refractivity contribution in [2.24, 2.45) is 0 Å². The van der Waals surface area contributed by atoms with Crippen LogP contribution in [0.5, 0.6) is 0 Å². The SMILES string of the molecule is Cc1cc(C(=O)NC2CCCOC2)ccc1N. The fraction of sp³-hybridized carbons (Fsp3) is 0.462. The van der Waals surface area contributed by atoms with Gasteiger partial charge in [-0.1, -0.05) is 0 Å². The Labute approximate surface area is 101 Å². The van der Waals surface area contributed by atoms with Crippen molar-refractivity contribution in [3.05, 3.63) is 29.3 Å². The maximum atomic E-state index is 12.0. The average Bonchev–Trinajstić information content (AvgIpc) is 2.34. The van der Waals surface area contributed by atoms with Crippen molar-refractivity contribution in [3.8, 4) is 0 Å². The van der Waals surface area contributed by atoms with Crippen LogP contribution in [0.15, 0.2) is 18.2 Å². The third-order valence-corrected chi connectivity index (χ3v) is 3.03. The van der Waals surface area contributed by atoms with E-state index in [1.807, 2.05) is 13.0 Å². The van der Waals surface area contributed by atoms with Crippen LogP contribution in [0.25, 0.3) is 0 Å². The van der Waals surface area contributed by atoms with Gasteiger partial charge in [0, 0.05) is 17.9 Å². The predicted molar refractivity (Wildman–Crippen MR) is 66.9 cm³/mol. The van der Waals surface area contributed by atoms with Crippen molar-refractivity contribution >= 4 is 11.6 Å². The lowest BCUT2D eigenvalue weighted by Crippen LogP contribution is -2.40. The number of nitrogens with one attached hydrogen (secondary N) is 1. The van der Waals surface area contributed by atoms with Gasteiger partial charge >= 0.3 is 0 Å². The number of hydrogen-bond acceptors (Lipinski definition) is 3. The molecule has 1 aliphatic rings. The van der Waals surface area contributed by atoms with E-state index in [0.29, 0.717) is 17.9 Å². The Morgan fingerprint density at radius 3 is 3.00 bits per heavy atom. The molecule has 2 rings (SSSR count). The van der Waals surface area contributed by atoms with E-state index >= 15 is 0 Å². The monoisotopic (exact) mass is 234 g/mol. The number of nitrogens with two attached hydrogens (primary N) is 1. The highest BCUT2D eigenvalue weighted by molar-refractivity contribution is 5.95. The lowest BCUT2D eigenvalue weighted by molar-refractivity contribution is 0.0624. The van der Waals surface area contributed by atoms with Crippen molar-refractivity contribution in [3.63, 3.8) is 0 Å². The molecule has 0 bridgehead atoms. The molecule has 0 radical (unpaired) electrons. The Hall–Kier alpha value is -1.55. The number of benzene rings is 1. The van der Waals surface area contributed by atoms with E-state index in [9.17, 15) is 4.79 Å². The Balaban J connectivity index is 2.01. The highest BCUT2D eigenvalue weighted by atomic mass is 16.5. The zero-order valence-electron chi connectivity index (χ0n) is 10.0. The molecule has 1 fully saturated rings. The first-order valence-corrected chi connectivity index (χ1v) is 5.91. The molecule has 0 saturated carbocycles. The summed E-state index contributed by atoms with van der Waals surface area (Å²) in [7, 11) is 0. The molecule has 1 aromatic rings. The van der Waals surface area contributed by atoms with E-state index in [0.717, 1.165) is 25.0 Å². The lowest BCUT2D eigenvalue weighted by Gasteiger charge is -2.23. The summed E-state index contributed by atoms with van der Waals surface area (Å²) in [6.07, 6.45) is 1.99. The average molecular weight is 234 g/mol. The molecule has 0 spiro atoms. The first-order chi connectivity index (χ1) is 8.16. The summed E-state index contributed by atoms with van der Waals surface area (Å²) in [6, 6.07) is 5.46. The van der Waals surface area contributed by atoms with Gasteiger partial charge in [0.2, 0.25) is 0 Å². The van der Waals surface area contributed by atoms with Gasteiger partial charge in [-0.2, -0.15) is 0 Å². The lowest BCUT2D eigenvalue weighted by atomic mass is 10.1. The van der Waals surface area contributed by atoms with E-state index in [2.05, 4.69) is 5.32 Å². The second-order valence-electron chi connectivity index (χ2n) is 4.46. The molecule has 1 saturated heterocycles. The fourth-order valence-corrected chi connectivity index (χ4v) is 1.94. The normalized spacial score (nSPS) is 19.9. The highest BCUT2D eigenvalue weighted by Gasteiger charge is 2.17. The van der Waals surface area contributed by atoms with Crippen molar-refractivity contribution in [1.29, 1.82) is 0 Å². The number of hydrogen-bond donors (Lipinski definition) is 2. The number of nitrogen functional groups attached to an aromatic ring is 1. The minimum atomic E-state index is -0.0522. The summed E-state index contributed by atoms with van der Waals surface area (Å²) in [5, 5.41) is 2.98. The number of ether oxygens (including phenoxy) is 1. The molecule has 0 aromatic heterocycles. The van der Waals surface area contributed by atoms with Gasteiger partial charge in [0.05, 0.1) is 12.6 Å². The fourth-order valence-electron chi connectivity index (χ4n) is 1.94. The number of amides is 1. The van der Waals surface area contributed by atoms with Crippen LogP contribution >= 0.6 is 0 Å². The first-order valence-electron chi connectivity index (χ1n) is 5.91. The molecule has 1 aliphatic heterocycles.